The molecule has 1 unspecified atom stereocenters. The number of carbonyl (C=O) groups is 1. The number of halogens is 2. The van der Waals surface area contributed by atoms with Gasteiger partial charge in [-0.05, 0) is 51.7 Å². The van der Waals surface area contributed by atoms with Gasteiger partial charge in [-0.15, -0.1) is 11.3 Å². The Hall–Kier alpha value is -2.40. The second kappa shape index (κ2) is 14.1. The number of nitrogens with one attached hydrogen (secondary N) is 1. The van der Waals surface area contributed by atoms with E-state index in [0.29, 0.717) is 17.2 Å². The van der Waals surface area contributed by atoms with Gasteiger partial charge in [0.1, 0.15) is 22.1 Å². The molecule has 1 fully saturated rings. The minimum atomic E-state index is -4.73. The van der Waals surface area contributed by atoms with E-state index in [-0.39, 0.29) is 64.5 Å². The minimum absolute atomic E-state index is 0. The fourth-order valence-electron chi connectivity index (χ4n) is 4.73. The summed E-state index contributed by atoms with van der Waals surface area (Å²) in [7, 11) is -4.73. The van der Waals surface area contributed by atoms with Crippen LogP contribution in [-0.2, 0) is 13.8 Å². The molecule has 13 nitrogen and oxygen atoms in total. The predicted molar refractivity (Wildman–Crippen MR) is 155 cm³/mol. The number of aromatic nitrogens is 6. The number of phosphoric ester groups is 1. The number of pyridine rings is 1. The summed E-state index contributed by atoms with van der Waals surface area (Å²) in [5.41, 5.74) is 0.344. The predicted octanol–water partition coefficient (Wildman–Crippen LogP) is 4.30. The van der Waals surface area contributed by atoms with E-state index < -0.39 is 31.7 Å². The van der Waals surface area contributed by atoms with Crippen LogP contribution in [0.1, 0.15) is 62.3 Å². The molecule has 43 heavy (non-hydrogen) atoms. The molecule has 226 valence electrons. The quantitative estimate of drug-likeness (QED) is 0.128. The van der Waals surface area contributed by atoms with Crippen LogP contribution in [0.5, 0.6) is 0 Å². The van der Waals surface area contributed by atoms with Crippen molar-refractivity contribution in [2.45, 2.75) is 57.9 Å². The molecule has 1 saturated carbocycles. The van der Waals surface area contributed by atoms with E-state index in [1.807, 2.05) is 6.92 Å². The van der Waals surface area contributed by atoms with Gasteiger partial charge < -0.3 is 19.8 Å². The van der Waals surface area contributed by atoms with Crippen molar-refractivity contribution in [2.24, 2.45) is 0 Å². The average Bonchev–Trinajstić information content (AvgIpc) is 3.70. The average molecular weight is 648 g/mol. The van der Waals surface area contributed by atoms with Crippen molar-refractivity contribution in [2.75, 3.05) is 11.9 Å². The number of carbonyl (C=O) groups excluding carboxylic acids is 1. The second-order valence-corrected chi connectivity index (χ2v) is 11.7. The summed E-state index contributed by atoms with van der Waals surface area (Å²) in [6.45, 7) is 3.99. The van der Waals surface area contributed by atoms with E-state index in [9.17, 15) is 18.1 Å². The van der Waals surface area contributed by atoms with Crippen molar-refractivity contribution < 1.29 is 37.2 Å². The summed E-state index contributed by atoms with van der Waals surface area (Å²) < 4.78 is 53.1. The van der Waals surface area contributed by atoms with E-state index in [1.54, 1.807) is 10.9 Å². The molecule has 18 heteroatoms. The zero-order chi connectivity index (χ0) is 30.0. The first-order valence-corrected chi connectivity index (χ1v) is 15.5. The van der Waals surface area contributed by atoms with E-state index >= 15 is 0 Å². The molecule has 0 aromatic carbocycles. The third-order valence-electron chi connectivity index (χ3n) is 6.68. The van der Waals surface area contributed by atoms with Crippen molar-refractivity contribution >= 4 is 60.3 Å². The molecular weight excluding hydrogens is 618 g/mol. The van der Waals surface area contributed by atoms with Gasteiger partial charge in [0, 0.05) is 29.9 Å². The number of amides is 1. The standard InChI is InChI=1S/C25H28F2N7O6PS.Na.H/c1-3-39-17-6-4-16(5-7-17)34-12-19(23(32-34)22-18(26)8-9-21(27)31-22)29-24(35)20-13-42-25(30-20)15-10-28-33(11-15)14(2)40-41(36,37)38;;/h8-14,16-17H,3-7H2,1-2H3,(H,29,35)(H2,36,37,38);;. The fourth-order valence-corrected chi connectivity index (χ4v) is 6.00. The number of thiazole rings is 1. The van der Waals surface area contributed by atoms with Crippen LogP contribution in [0.2, 0.25) is 0 Å². The fraction of sp³-hybridized carbons (Fsp3) is 0.400. The maximum atomic E-state index is 14.7. The van der Waals surface area contributed by atoms with Crippen LogP contribution in [0.25, 0.3) is 22.0 Å². The van der Waals surface area contributed by atoms with Crippen molar-refractivity contribution in [3.05, 3.63) is 53.6 Å². The first kappa shape index (κ1) is 33.5. The van der Waals surface area contributed by atoms with Crippen LogP contribution in [0.15, 0.2) is 36.1 Å². The van der Waals surface area contributed by atoms with Gasteiger partial charge in [0.15, 0.2) is 12.0 Å². The van der Waals surface area contributed by atoms with Gasteiger partial charge in [0.05, 0.1) is 24.0 Å². The summed E-state index contributed by atoms with van der Waals surface area (Å²) in [6, 6.07) is 1.83. The summed E-state index contributed by atoms with van der Waals surface area (Å²) in [5.74, 6) is -2.29. The van der Waals surface area contributed by atoms with Crippen LogP contribution in [0.4, 0.5) is 14.5 Å². The van der Waals surface area contributed by atoms with Gasteiger partial charge in [-0.25, -0.2) is 23.6 Å². The molecule has 3 N–H and O–H groups in total. The Morgan fingerprint density at radius 3 is 2.63 bits per heavy atom. The van der Waals surface area contributed by atoms with Gasteiger partial charge in [0.2, 0.25) is 5.95 Å². The maximum absolute atomic E-state index is 14.7. The number of anilines is 1. The Kier molecular flexibility index (Phi) is 11.0. The van der Waals surface area contributed by atoms with E-state index in [0.717, 1.165) is 49.2 Å². The first-order valence-electron chi connectivity index (χ1n) is 13.1. The Balaban J connectivity index is 0.00000423. The van der Waals surface area contributed by atoms with Gasteiger partial charge in [0.25, 0.3) is 5.91 Å². The topological polar surface area (TPSA) is 167 Å². The van der Waals surface area contributed by atoms with Gasteiger partial charge in [-0.1, -0.05) is 0 Å². The summed E-state index contributed by atoms with van der Waals surface area (Å²) in [5, 5.41) is 13.2. The van der Waals surface area contributed by atoms with Gasteiger partial charge in [-0.3, -0.25) is 14.0 Å². The number of rotatable bonds is 10. The van der Waals surface area contributed by atoms with E-state index in [4.69, 9.17) is 14.5 Å². The van der Waals surface area contributed by atoms with Crippen LogP contribution in [-0.4, -0.2) is 87.5 Å². The molecule has 0 radical (unpaired) electrons. The number of hydrogen-bond acceptors (Lipinski definition) is 9. The van der Waals surface area contributed by atoms with Crippen LogP contribution in [0, 0.1) is 11.8 Å². The molecule has 4 aromatic heterocycles. The number of phosphoric acid groups is 1. The van der Waals surface area contributed by atoms with Crippen LogP contribution in [0.3, 0.4) is 0 Å². The molecule has 1 atom stereocenters. The molecule has 1 amide bonds. The van der Waals surface area contributed by atoms with Gasteiger partial charge >= 0.3 is 37.4 Å². The third-order valence-corrected chi connectivity index (χ3v) is 8.16. The van der Waals surface area contributed by atoms with Crippen molar-refractivity contribution in [3.63, 3.8) is 0 Å². The number of ether oxygens (including phenoxy) is 1. The molecule has 0 spiro atoms. The summed E-state index contributed by atoms with van der Waals surface area (Å²) in [6.07, 6.45) is 6.76. The summed E-state index contributed by atoms with van der Waals surface area (Å²) >= 11 is 1.14. The zero-order valence-corrected chi connectivity index (χ0v) is 24.3. The molecule has 0 saturated heterocycles. The number of hydrogen-bond donors (Lipinski definition) is 3. The monoisotopic (exact) mass is 647 g/mol. The van der Waals surface area contributed by atoms with Crippen LogP contribution < -0.4 is 5.32 Å². The Labute approximate surface area is 271 Å². The molecule has 4 heterocycles. The zero-order valence-electron chi connectivity index (χ0n) is 22.6. The Morgan fingerprint density at radius 1 is 1.19 bits per heavy atom. The molecule has 0 aliphatic heterocycles. The van der Waals surface area contributed by atoms with Crippen molar-refractivity contribution in [3.8, 4) is 22.0 Å². The van der Waals surface area contributed by atoms with Crippen molar-refractivity contribution in [1.82, 2.24) is 29.5 Å². The van der Waals surface area contributed by atoms with E-state index in [1.165, 1.54) is 29.4 Å². The molecule has 4 aromatic rings. The summed E-state index contributed by atoms with van der Waals surface area (Å²) in [4.78, 5) is 39.3. The normalized spacial score (nSPS) is 17.8. The third kappa shape index (κ3) is 8.21. The molecule has 5 rings (SSSR count). The molecule has 0 bridgehead atoms. The molecule has 1 aliphatic rings. The number of nitrogens with zero attached hydrogens (tertiary/aromatic N) is 6. The molecular formula is C25H29F2N7NaO6PS. The van der Waals surface area contributed by atoms with Gasteiger partial charge in [-0.2, -0.15) is 14.6 Å². The Bertz CT molecular complexity index is 1620. The first-order chi connectivity index (χ1) is 20.0. The van der Waals surface area contributed by atoms with Crippen molar-refractivity contribution in [1.29, 1.82) is 0 Å². The van der Waals surface area contributed by atoms with E-state index in [2.05, 4.69) is 30.0 Å². The van der Waals surface area contributed by atoms with Crippen LogP contribution >= 0.6 is 19.2 Å². The molecule has 1 aliphatic carbocycles. The Morgan fingerprint density at radius 2 is 1.93 bits per heavy atom. The SMILES string of the molecule is CCOC1CCC(n2cc(NC(=O)c3csc(-c4cnn(C(C)OP(=O)(O)O)c4)n3)c(-c3nc(F)ccc3F)n2)CC1.[NaH]. The second-order valence-electron chi connectivity index (χ2n) is 9.62.